The van der Waals surface area contributed by atoms with E-state index in [1.54, 1.807) is 0 Å². The normalized spacial score (nSPS) is 14.3. The standard InChI is InChI=1S/C60H43BN2O/c1-3-4-17-38-30-32-51(45(36-38)39-18-6-5-7-19-39)62-53-33-31-44-42-22-10-15-29-55(42)64-59(44)57(53)61-56-46(34-37(2)35-54(56)62)43-23-16-27-50-58(43)63(61)52-28-14-13-26-49(52)60(50)47-24-11-8-20-40(47)41-21-9-12-25-48(41)60/h5-16,18-36H,3-4,17H2,1-2H3. The third-order valence-corrected chi connectivity index (χ3v) is 14.8. The minimum Gasteiger partial charge on any atom is -0.456 e. The Bertz CT molecular complexity index is 3560. The van der Waals surface area contributed by atoms with Crippen molar-refractivity contribution in [3.8, 4) is 33.4 Å². The molecular formula is C60H43BN2O. The van der Waals surface area contributed by atoms with Crippen LogP contribution in [0.1, 0.15) is 53.1 Å². The maximum absolute atomic E-state index is 7.20. The van der Waals surface area contributed by atoms with Crippen LogP contribution in [0.3, 0.4) is 0 Å². The van der Waals surface area contributed by atoms with Gasteiger partial charge in [-0.2, -0.15) is 0 Å². The molecule has 0 unspecified atom stereocenters. The molecule has 0 saturated carbocycles. The van der Waals surface area contributed by atoms with E-state index < -0.39 is 5.41 Å². The Morgan fingerprint density at radius 2 is 1.19 bits per heavy atom. The lowest BCUT2D eigenvalue weighted by Gasteiger charge is -2.52. The summed E-state index contributed by atoms with van der Waals surface area (Å²) in [6, 6.07) is 71.0. The molecule has 14 rings (SSSR count). The van der Waals surface area contributed by atoms with Crippen molar-refractivity contribution < 1.29 is 4.42 Å². The minimum atomic E-state index is -0.505. The Morgan fingerprint density at radius 1 is 0.500 bits per heavy atom. The van der Waals surface area contributed by atoms with Crippen LogP contribution in [0.15, 0.2) is 192 Å². The molecule has 10 aromatic rings. The summed E-state index contributed by atoms with van der Waals surface area (Å²) in [7, 11) is 0. The highest BCUT2D eigenvalue weighted by atomic mass is 16.3. The maximum Gasteiger partial charge on any atom is 0.336 e. The van der Waals surface area contributed by atoms with Gasteiger partial charge in [0.15, 0.2) is 0 Å². The fourth-order valence-corrected chi connectivity index (χ4v) is 12.4. The summed E-state index contributed by atoms with van der Waals surface area (Å²) in [5.41, 5.74) is 25.4. The second kappa shape index (κ2) is 13.2. The molecule has 0 radical (unpaired) electrons. The highest BCUT2D eigenvalue weighted by Crippen LogP contribution is 2.65. The zero-order valence-corrected chi connectivity index (χ0v) is 35.9. The Balaban J connectivity index is 1.14. The van der Waals surface area contributed by atoms with Gasteiger partial charge in [0.1, 0.15) is 11.2 Å². The summed E-state index contributed by atoms with van der Waals surface area (Å²) >= 11 is 0. The lowest BCUT2D eigenvalue weighted by molar-refractivity contribution is 0.671. The van der Waals surface area contributed by atoms with E-state index in [9.17, 15) is 0 Å². The first kappa shape index (κ1) is 36.0. The Morgan fingerprint density at radius 3 is 2.00 bits per heavy atom. The molecule has 0 atom stereocenters. The van der Waals surface area contributed by atoms with Crippen LogP contribution in [0.2, 0.25) is 0 Å². The summed E-state index contributed by atoms with van der Waals surface area (Å²) in [4.78, 5) is 5.29. The van der Waals surface area contributed by atoms with E-state index in [1.165, 1.54) is 100 Å². The van der Waals surface area contributed by atoms with E-state index >= 15 is 0 Å². The highest BCUT2D eigenvalue weighted by molar-refractivity contribution is 6.95. The number of rotatable bonds is 5. The first-order chi connectivity index (χ1) is 31.6. The minimum absolute atomic E-state index is 0.191. The lowest BCUT2D eigenvalue weighted by Crippen LogP contribution is -2.63. The molecule has 302 valence electrons. The maximum atomic E-state index is 7.20. The van der Waals surface area contributed by atoms with Crippen molar-refractivity contribution in [1.29, 1.82) is 0 Å². The second-order valence-corrected chi connectivity index (χ2v) is 18.2. The average molecular weight is 819 g/mol. The molecule has 0 saturated heterocycles. The van der Waals surface area contributed by atoms with Gasteiger partial charge in [0.2, 0.25) is 0 Å². The van der Waals surface area contributed by atoms with Gasteiger partial charge < -0.3 is 14.1 Å². The molecule has 4 heteroatoms. The van der Waals surface area contributed by atoms with Crippen LogP contribution in [0.25, 0.3) is 55.3 Å². The van der Waals surface area contributed by atoms with Gasteiger partial charge in [-0.15, -0.1) is 0 Å². The predicted molar refractivity (Wildman–Crippen MR) is 267 cm³/mol. The van der Waals surface area contributed by atoms with Crippen molar-refractivity contribution in [2.24, 2.45) is 0 Å². The molecule has 1 spiro atoms. The van der Waals surface area contributed by atoms with Gasteiger partial charge in [-0.1, -0.05) is 159 Å². The second-order valence-electron chi connectivity index (χ2n) is 18.2. The number of furan rings is 1. The predicted octanol–water partition coefficient (Wildman–Crippen LogP) is 14.3. The van der Waals surface area contributed by atoms with Crippen LogP contribution in [-0.4, -0.2) is 6.85 Å². The molecule has 9 aromatic carbocycles. The molecule has 4 heterocycles. The number of benzene rings is 9. The van der Waals surface area contributed by atoms with Crippen molar-refractivity contribution in [1.82, 2.24) is 0 Å². The molecule has 3 nitrogen and oxygen atoms in total. The summed E-state index contributed by atoms with van der Waals surface area (Å²) in [5.74, 6) is 0. The monoisotopic (exact) mass is 818 g/mol. The first-order valence-electron chi connectivity index (χ1n) is 22.9. The van der Waals surface area contributed by atoms with Crippen LogP contribution in [0, 0.1) is 6.92 Å². The first-order valence-corrected chi connectivity index (χ1v) is 22.9. The fourth-order valence-electron chi connectivity index (χ4n) is 12.4. The van der Waals surface area contributed by atoms with Crippen molar-refractivity contribution >= 4 is 68.1 Å². The van der Waals surface area contributed by atoms with Crippen LogP contribution in [-0.2, 0) is 11.8 Å². The molecule has 1 aliphatic carbocycles. The van der Waals surface area contributed by atoms with E-state index in [2.05, 4.69) is 212 Å². The summed E-state index contributed by atoms with van der Waals surface area (Å²) in [5, 5.41) is 2.28. The number of unbranched alkanes of at least 4 members (excludes halogenated alkanes) is 1. The summed E-state index contributed by atoms with van der Waals surface area (Å²) in [6.07, 6.45) is 3.38. The van der Waals surface area contributed by atoms with E-state index in [0.29, 0.717) is 0 Å². The lowest BCUT2D eigenvalue weighted by atomic mass is 9.42. The molecule has 0 N–H and O–H groups in total. The number of aryl methyl sites for hydroxylation is 2. The Hall–Kier alpha value is -7.56. The molecule has 3 aliphatic heterocycles. The third-order valence-electron chi connectivity index (χ3n) is 14.8. The summed E-state index contributed by atoms with van der Waals surface area (Å²) < 4.78 is 7.20. The zero-order chi connectivity index (χ0) is 42.3. The largest absolute Gasteiger partial charge is 0.456 e. The van der Waals surface area contributed by atoms with Crippen LogP contribution >= 0.6 is 0 Å². The van der Waals surface area contributed by atoms with Gasteiger partial charge in [0, 0.05) is 50.1 Å². The van der Waals surface area contributed by atoms with E-state index in [-0.39, 0.29) is 6.85 Å². The number of hydrogen-bond acceptors (Lipinski definition) is 3. The quantitative estimate of drug-likeness (QED) is 0.161. The molecule has 1 aromatic heterocycles. The molecule has 0 amide bonds. The van der Waals surface area contributed by atoms with E-state index in [1.807, 2.05) is 0 Å². The molecule has 64 heavy (non-hydrogen) atoms. The van der Waals surface area contributed by atoms with Crippen molar-refractivity contribution in [3.63, 3.8) is 0 Å². The number of hydrogen-bond donors (Lipinski definition) is 0. The van der Waals surface area contributed by atoms with Crippen molar-refractivity contribution in [2.45, 2.75) is 38.5 Å². The van der Waals surface area contributed by atoms with E-state index in [0.717, 1.165) is 46.9 Å². The molecule has 4 aliphatic rings. The van der Waals surface area contributed by atoms with Crippen LogP contribution in [0.5, 0.6) is 0 Å². The molecule has 0 fully saturated rings. The molecule has 0 bridgehead atoms. The highest BCUT2D eigenvalue weighted by Gasteiger charge is 2.56. The van der Waals surface area contributed by atoms with Crippen LogP contribution < -0.4 is 20.6 Å². The van der Waals surface area contributed by atoms with Crippen LogP contribution in [0.4, 0.5) is 28.4 Å². The van der Waals surface area contributed by atoms with E-state index in [4.69, 9.17) is 4.42 Å². The van der Waals surface area contributed by atoms with Crippen molar-refractivity contribution in [3.05, 3.63) is 221 Å². The van der Waals surface area contributed by atoms with Gasteiger partial charge in [-0.05, 0) is 123 Å². The smallest absolute Gasteiger partial charge is 0.336 e. The summed E-state index contributed by atoms with van der Waals surface area (Å²) in [6.45, 7) is 4.36. The van der Waals surface area contributed by atoms with Gasteiger partial charge in [-0.3, -0.25) is 0 Å². The van der Waals surface area contributed by atoms with Gasteiger partial charge in [-0.25, -0.2) is 0 Å². The Kier molecular flexibility index (Phi) is 7.44. The number of para-hydroxylation sites is 3. The van der Waals surface area contributed by atoms with Gasteiger partial charge in [0.25, 0.3) is 0 Å². The Labute approximate surface area is 374 Å². The third kappa shape index (κ3) is 4.57. The fraction of sp³-hybridized carbons (Fsp3) is 0.100. The van der Waals surface area contributed by atoms with Gasteiger partial charge in [0.05, 0.1) is 11.1 Å². The topological polar surface area (TPSA) is 19.6 Å². The zero-order valence-electron chi connectivity index (χ0n) is 35.9. The number of fused-ring (bicyclic) bond motifs is 17. The average Bonchev–Trinajstić information content (AvgIpc) is 3.87. The van der Waals surface area contributed by atoms with Crippen molar-refractivity contribution in [2.75, 3.05) is 9.71 Å². The molecular weight excluding hydrogens is 775 g/mol. The number of nitrogens with zero attached hydrogens (tertiary/aromatic N) is 2. The number of anilines is 5. The van der Waals surface area contributed by atoms with Gasteiger partial charge >= 0.3 is 6.85 Å². The SMILES string of the molecule is CCCCc1ccc(N2c3cc(C)cc4c3B(c3c2ccc2c3oc3ccccc32)N2c3ccccc3C3(c5ccccc5-c5ccccc53)c3cccc-4c32)c(-c2ccccc2)c1.